The normalized spacial score (nSPS) is 16.4. The number of carbonyl (C=O) groups excluding carboxylic acids is 4. The Balaban J connectivity index is 0.00000595. The van der Waals surface area contributed by atoms with E-state index < -0.39 is 23.6 Å². The molecule has 0 spiro atoms. The highest BCUT2D eigenvalue weighted by Crippen LogP contribution is 2.34. The molecule has 332 valence electrons. The molecule has 4 amide bonds. The van der Waals surface area contributed by atoms with E-state index in [0.29, 0.717) is 82.5 Å². The molecule has 6 N–H and O–H groups in total. The summed E-state index contributed by atoms with van der Waals surface area (Å²) in [6, 6.07) is 9.29. The lowest BCUT2D eigenvalue weighted by Crippen LogP contribution is -2.43. The summed E-state index contributed by atoms with van der Waals surface area (Å²) < 4.78 is 25.8. The van der Waals surface area contributed by atoms with Crippen molar-refractivity contribution in [3.05, 3.63) is 82.5 Å². The lowest BCUT2D eigenvalue weighted by molar-refractivity contribution is 0.0758. The maximum absolute atomic E-state index is 13.8. The third-order valence-electron chi connectivity index (χ3n) is 11.1. The van der Waals surface area contributed by atoms with Crippen LogP contribution in [0.3, 0.4) is 0 Å². The fourth-order valence-corrected chi connectivity index (χ4v) is 8.05. The molecule has 6 aromatic rings. The van der Waals surface area contributed by atoms with Crippen molar-refractivity contribution in [3.8, 4) is 11.5 Å². The van der Waals surface area contributed by atoms with E-state index in [4.69, 9.17) is 35.6 Å². The molecule has 2 aliphatic heterocycles. The van der Waals surface area contributed by atoms with E-state index in [-0.39, 0.29) is 75.0 Å². The Morgan fingerprint density at radius 3 is 1.60 bits per heavy atom. The van der Waals surface area contributed by atoms with E-state index in [2.05, 4.69) is 25.7 Å². The number of rotatable bonds is 10. The lowest BCUT2D eigenvalue weighted by Gasteiger charge is -2.28. The number of imidazole rings is 2. The summed E-state index contributed by atoms with van der Waals surface area (Å²) in [4.78, 5) is 64.9. The molecule has 0 bridgehead atoms. The van der Waals surface area contributed by atoms with Gasteiger partial charge in [-0.3, -0.25) is 44.1 Å². The quantitative estimate of drug-likeness (QED) is 0.145. The van der Waals surface area contributed by atoms with Crippen molar-refractivity contribution in [1.82, 2.24) is 43.6 Å². The molecule has 4 aromatic heterocycles. The minimum atomic E-state index is -0.682. The molecule has 21 heteroatoms. The zero-order valence-corrected chi connectivity index (χ0v) is 36.7. The van der Waals surface area contributed by atoms with Crippen LogP contribution in [0.5, 0.6) is 11.5 Å². The van der Waals surface area contributed by atoms with E-state index in [9.17, 15) is 19.2 Å². The van der Waals surface area contributed by atoms with Crippen molar-refractivity contribution in [2.45, 2.75) is 72.4 Å². The summed E-state index contributed by atoms with van der Waals surface area (Å²) >= 11 is 0. The van der Waals surface area contributed by atoms with Crippen molar-refractivity contribution in [3.63, 3.8) is 0 Å². The Hall–Kier alpha value is -6.71. The van der Waals surface area contributed by atoms with Gasteiger partial charge in [-0.1, -0.05) is 12.2 Å². The number of benzene rings is 2. The molecule has 0 saturated carbocycles. The van der Waals surface area contributed by atoms with Gasteiger partial charge in [-0.25, -0.2) is 9.97 Å². The first-order valence-electron chi connectivity index (χ1n) is 20.4. The molecule has 2 aliphatic rings. The van der Waals surface area contributed by atoms with Crippen LogP contribution in [0.4, 0.5) is 11.9 Å². The Labute approximate surface area is 369 Å². The fraction of sp³-hybridized carbons (Fsp3) is 0.381. The first-order valence-corrected chi connectivity index (χ1v) is 20.4. The van der Waals surface area contributed by atoms with Gasteiger partial charge in [-0.05, 0) is 70.5 Å². The van der Waals surface area contributed by atoms with Crippen molar-refractivity contribution in [2.75, 3.05) is 44.0 Å². The van der Waals surface area contributed by atoms with Crippen molar-refractivity contribution in [1.29, 1.82) is 0 Å². The molecule has 2 aromatic carbocycles. The Morgan fingerprint density at radius 2 is 1.21 bits per heavy atom. The number of hydrogen-bond acceptors (Lipinski definition) is 12. The van der Waals surface area contributed by atoms with Gasteiger partial charge in [0.15, 0.2) is 0 Å². The van der Waals surface area contributed by atoms with Crippen LogP contribution < -0.4 is 31.6 Å². The van der Waals surface area contributed by atoms with Crippen LogP contribution in [-0.4, -0.2) is 113 Å². The van der Waals surface area contributed by atoms with Crippen molar-refractivity contribution < 1.29 is 33.4 Å². The van der Waals surface area contributed by atoms with Gasteiger partial charge >= 0.3 is 0 Å². The maximum atomic E-state index is 13.8. The Morgan fingerprint density at radius 1 is 0.746 bits per heavy atom. The van der Waals surface area contributed by atoms with E-state index in [1.54, 1.807) is 62.0 Å². The monoisotopic (exact) mass is 881 g/mol. The number of amides is 4. The van der Waals surface area contributed by atoms with Crippen molar-refractivity contribution >= 4 is 71.1 Å². The maximum Gasteiger partial charge on any atom is 0.276 e. The number of methoxy groups -OCH3 is 1. The van der Waals surface area contributed by atoms with Crippen LogP contribution in [0.15, 0.2) is 48.6 Å². The van der Waals surface area contributed by atoms with Crippen LogP contribution in [0.2, 0.25) is 0 Å². The molecule has 8 rings (SSSR count). The third-order valence-corrected chi connectivity index (χ3v) is 11.1. The molecular formula is C42H51N13O7S. The number of carbonyl (C=O) groups is 4. The number of aromatic nitrogens is 8. The topological polar surface area (TPSA) is 247 Å². The number of ether oxygens (including phenoxy) is 3. The molecule has 0 radical (unpaired) electrons. The first-order chi connectivity index (χ1) is 29.8. The minimum absolute atomic E-state index is 0. The standard InChI is InChI=1S/C42H49N13O7.H2S/c1-6-54-31(14-23(3)49-54)39(58)47-41-45-29-16-25(37(43)56)18-33-35(29)52(41)11-8-9-12-53-36-30(46-42(53)48-40(59)32-15-24(4)50-55(32)7-2)17-26(38(44)57)19-34(36)62-22-27(21-61-33)51-13-10-28(20-51)60-5;/h8-9,14-19,27-28H,6-7,10-13,20-22H2,1-5H3,(H2,43,56)(H2,44,57)(H,45,47,58)(H,46,48,59);1H2/b9-8+;/t28-;/m0./s1. The number of anilines is 2. The largest absolute Gasteiger partial charge is 0.490 e. The fourth-order valence-electron chi connectivity index (χ4n) is 8.05. The second kappa shape index (κ2) is 18.3. The highest BCUT2D eigenvalue weighted by Gasteiger charge is 2.31. The molecule has 20 nitrogen and oxygen atoms in total. The van der Waals surface area contributed by atoms with Gasteiger partial charge in [0.2, 0.25) is 23.7 Å². The molecule has 0 unspecified atom stereocenters. The van der Waals surface area contributed by atoms with Crippen LogP contribution in [0, 0.1) is 13.8 Å². The summed E-state index contributed by atoms with van der Waals surface area (Å²) in [7, 11) is 1.67. The highest BCUT2D eigenvalue weighted by atomic mass is 32.1. The van der Waals surface area contributed by atoms with Gasteiger partial charge in [-0.15, -0.1) is 0 Å². The summed E-state index contributed by atoms with van der Waals surface area (Å²) in [5.74, 6) is -1.20. The van der Waals surface area contributed by atoms with E-state index in [1.165, 1.54) is 0 Å². The molecule has 0 aliphatic carbocycles. The van der Waals surface area contributed by atoms with Crippen LogP contribution in [0.1, 0.15) is 73.3 Å². The van der Waals surface area contributed by atoms with E-state index in [1.807, 2.05) is 39.8 Å². The predicted octanol–water partition coefficient (Wildman–Crippen LogP) is 3.37. The van der Waals surface area contributed by atoms with Gasteiger partial charge in [0.25, 0.3) is 11.8 Å². The van der Waals surface area contributed by atoms with Crippen LogP contribution in [0.25, 0.3) is 22.1 Å². The smallest absolute Gasteiger partial charge is 0.276 e. The van der Waals surface area contributed by atoms with Gasteiger partial charge in [0.1, 0.15) is 47.1 Å². The summed E-state index contributed by atoms with van der Waals surface area (Å²) in [5, 5.41) is 14.8. The minimum Gasteiger partial charge on any atom is -0.490 e. The SMILES string of the molecule is CCn1nc(C)cc1C(=O)Nc1nc2cc(C(N)=O)cc3c2n1C/C=C/Cn1c(NC(=O)c2cc(C)nn2CC)nc2cc(C(N)=O)cc(c21)OCC(N1CC[C@H](OC)C1)CO3.S. The zero-order valence-electron chi connectivity index (χ0n) is 35.7. The number of nitrogens with zero attached hydrogens (tertiary/aromatic N) is 9. The lowest BCUT2D eigenvalue weighted by atomic mass is 10.1. The number of aryl methyl sites for hydroxylation is 4. The Bertz CT molecular complexity index is 2590. The summed E-state index contributed by atoms with van der Waals surface area (Å²) in [6.07, 6.45) is 4.49. The summed E-state index contributed by atoms with van der Waals surface area (Å²) in [5.41, 5.74) is 15.8. The first kappa shape index (κ1) is 44.3. The Kier molecular flexibility index (Phi) is 12.9. The van der Waals surface area contributed by atoms with E-state index in [0.717, 1.165) is 6.42 Å². The van der Waals surface area contributed by atoms with Crippen molar-refractivity contribution in [2.24, 2.45) is 11.5 Å². The second-order valence-corrected chi connectivity index (χ2v) is 15.3. The van der Waals surface area contributed by atoms with Crippen LogP contribution >= 0.6 is 13.5 Å². The predicted molar refractivity (Wildman–Crippen MR) is 239 cm³/mol. The second-order valence-electron chi connectivity index (χ2n) is 15.3. The third kappa shape index (κ3) is 8.84. The number of primary amides is 2. The van der Waals surface area contributed by atoms with E-state index >= 15 is 0 Å². The number of likely N-dealkylation sites (tertiary alicyclic amines) is 1. The number of allylic oxidation sites excluding steroid dienone is 2. The zero-order chi connectivity index (χ0) is 43.8. The highest BCUT2D eigenvalue weighted by molar-refractivity contribution is 7.59. The average molecular weight is 882 g/mol. The van der Waals surface area contributed by atoms with Gasteiger partial charge in [-0.2, -0.15) is 23.7 Å². The molecular weight excluding hydrogens is 831 g/mol. The summed E-state index contributed by atoms with van der Waals surface area (Å²) in [6.45, 7) is 10.1. The number of hydrogen-bond donors (Lipinski definition) is 4. The molecule has 1 saturated heterocycles. The molecule has 1 atom stereocenters. The average Bonchev–Trinajstić information content (AvgIpc) is 4.08. The molecule has 63 heavy (non-hydrogen) atoms. The van der Waals surface area contributed by atoms with Gasteiger partial charge in [0, 0.05) is 57.5 Å². The van der Waals surface area contributed by atoms with Gasteiger partial charge < -0.3 is 34.8 Å². The van der Waals surface area contributed by atoms with Crippen LogP contribution in [-0.2, 0) is 30.9 Å². The molecule has 6 heterocycles. The van der Waals surface area contributed by atoms with Gasteiger partial charge in [0.05, 0.1) is 34.6 Å². The number of nitrogens with one attached hydrogen (secondary N) is 2. The number of nitrogens with two attached hydrogens (primary N) is 2. The molecule has 1 fully saturated rings.